The molecule has 1 aromatic rings. The molecule has 0 bridgehead atoms. The standard InChI is InChI=1S/C12H16Cl2N2O3/c1-19-7-12(18)16-10-3-2-8(14)4-11(10)15-6-9(17)5-13/h2-4,9,15,17H,5-7H2,1H3,(H,16,18). The highest BCUT2D eigenvalue weighted by Gasteiger charge is 2.09. The molecular weight excluding hydrogens is 291 g/mol. The van der Waals surface area contributed by atoms with Crippen LogP contribution in [0.15, 0.2) is 18.2 Å². The van der Waals surface area contributed by atoms with Crippen molar-refractivity contribution in [2.75, 3.05) is 36.8 Å². The molecule has 0 aliphatic rings. The van der Waals surface area contributed by atoms with Gasteiger partial charge in [-0.15, -0.1) is 11.6 Å². The molecule has 0 fully saturated rings. The second-order valence-electron chi connectivity index (χ2n) is 3.86. The van der Waals surface area contributed by atoms with Gasteiger partial charge in [-0.25, -0.2) is 0 Å². The number of aliphatic hydroxyl groups excluding tert-OH is 1. The Morgan fingerprint density at radius 1 is 1.47 bits per heavy atom. The molecule has 1 unspecified atom stereocenters. The molecule has 0 aromatic heterocycles. The number of alkyl halides is 1. The molecule has 0 aliphatic carbocycles. The van der Waals surface area contributed by atoms with E-state index in [1.54, 1.807) is 18.2 Å². The summed E-state index contributed by atoms with van der Waals surface area (Å²) >= 11 is 11.4. The maximum atomic E-state index is 11.5. The number of rotatable bonds is 7. The Balaban J connectivity index is 2.76. The molecule has 0 heterocycles. The van der Waals surface area contributed by atoms with Crippen molar-refractivity contribution in [1.82, 2.24) is 0 Å². The lowest BCUT2D eigenvalue weighted by Gasteiger charge is -2.15. The number of benzene rings is 1. The summed E-state index contributed by atoms with van der Waals surface area (Å²) in [6, 6.07) is 4.99. The van der Waals surface area contributed by atoms with Crippen molar-refractivity contribution in [1.29, 1.82) is 0 Å². The van der Waals surface area contributed by atoms with Crippen LogP contribution < -0.4 is 10.6 Å². The van der Waals surface area contributed by atoms with Gasteiger partial charge in [0.25, 0.3) is 0 Å². The lowest BCUT2D eigenvalue weighted by atomic mass is 10.2. The largest absolute Gasteiger partial charge is 0.390 e. The monoisotopic (exact) mass is 306 g/mol. The van der Waals surface area contributed by atoms with Gasteiger partial charge in [0.05, 0.1) is 23.4 Å². The van der Waals surface area contributed by atoms with Crippen molar-refractivity contribution in [3.63, 3.8) is 0 Å². The van der Waals surface area contributed by atoms with Gasteiger partial charge >= 0.3 is 0 Å². The van der Waals surface area contributed by atoms with Crippen molar-refractivity contribution in [3.05, 3.63) is 23.2 Å². The normalized spacial score (nSPS) is 12.0. The van der Waals surface area contributed by atoms with Gasteiger partial charge in [-0.1, -0.05) is 11.6 Å². The molecule has 3 N–H and O–H groups in total. The first kappa shape index (κ1) is 16.0. The van der Waals surface area contributed by atoms with Gasteiger partial charge in [-0.3, -0.25) is 4.79 Å². The quantitative estimate of drug-likeness (QED) is 0.673. The number of nitrogens with one attached hydrogen (secondary N) is 2. The summed E-state index contributed by atoms with van der Waals surface area (Å²) in [4.78, 5) is 11.5. The van der Waals surface area contributed by atoms with Crippen LogP contribution in [-0.4, -0.2) is 43.3 Å². The third kappa shape index (κ3) is 5.65. The average Bonchev–Trinajstić information content (AvgIpc) is 2.38. The minimum atomic E-state index is -0.678. The number of carbonyl (C=O) groups is 1. The minimum absolute atomic E-state index is 0.0353. The molecule has 0 saturated heterocycles. The summed E-state index contributed by atoms with van der Waals surface area (Å²) in [6.07, 6.45) is -0.678. The van der Waals surface area contributed by atoms with Crippen LogP contribution in [-0.2, 0) is 9.53 Å². The molecule has 7 heteroatoms. The van der Waals surface area contributed by atoms with Gasteiger partial charge < -0.3 is 20.5 Å². The van der Waals surface area contributed by atoms with Crippen LogP contribution >= 0.6 is 23.2 Å². The fraction of sp³-hybridized carbons (Fsp3) is 0.417. The SMILES string of the molecule is COCC(=O)Nc1ccc(Cl)cc1NCC(O)CCl. The number of carbonyl (C=O) groups excluding carboxylic acids is 1. The van der Waals surface area contributed by atoms with E-state index in [0.717, 1.165) is 0 Å². The fourth-order valence-electron chi connectivity index (χ4n) is 1.37. The van der Waals surface area contributed by atoms with Crippen LogP contribution in [0.3, 0.4) is 0 Å². The molecule has 106 valence electrons. The first-order valence-corrected chi connectivity index (χ1v) is 6.54. The van der Waals surface area contributed by atoms with E-state index in [9.17, 15) is 9.90 Å². The summed E-state index contributed by atoms with van der Waals surface area (Å²) in [6.45, 7) is 0.226. The number of aliphatic hydroxyl groups is 1. The smallest absolute Gasteiger partial charge is 0.250 e. The van der Waals surface area contributed by atoms with Crippen molar-refractivity contribution < 1.29 is 14.6 Å². The Kier molecular flexibility index (Phi) is 6.94. The molecule has 1 aromatic carbocycles. The first-order valence-electron chi connectivity index (χ1n) is 5.63. The first-order chi connectivity index (χ1) is 9.06. The highest BCUT2D eigenvalue weighted by Crippen LogP contribution is 2.25. The summed E-state index contributed by atoms with van der Waals surface area (Å²) in [5.74, 6) is -0.148. The summed E-state index contributed by atoms with van der Waals surface area (Å²) < 4.78 is 4.74. The van der Waals surface area contributed by atoms with E-state index in [0.29, 0.717) is 16.4 Å². The number of halogens is 2. The Hall–Kier alpha value is -1.01. The van der Waals surface area contributed by atoms with E-state index in [-0.39, 0.29) is 24.9 Å². The lowest BCUT2D eigenvalue weighted by molar-refractivity contribution is -0.119. The van der Waals surface area contributed by atoms with Crippen molar-refractivity contribution in [3.8, 4) is 0 Å². The summed E-state index contributed by atoms with van der Waals surface area (Å²) in [5, 5.41) is 15.6. The van der Waals surface area contributed by atoms with Gasteiger partial charge in [0.15, 0.2) is 0 Å². The predicted octanol–water partition coefficient (Wildman–Crippen LogP) is 1.94. The lowest BCUT2D eigenvalue weighted by Crippen LogP contribution is -2.22. The number of anilines is 2. The van der Waals surface area contributed by atoms with Crippen molar-refractivity contribution in [2.24, 2.45) is 0 Å². The molecule has 0 radical (unpaired) electrons. The zero-order valence-electron chi connectivity index (χ0n) is 10.5. The van der Waals surface area contributed by atoms with Crippen LogP contribution in [0.2, 0.25) is 5.02 Å². The van der Waals surface area contributed by atoms with E-state index in [1.807, 2.05) is 0 Å². The number of amides is 1. The van der Waals surface area contributed by atoms with E-state index in [4.69, 9.17) is 27.9 Å². The van der Waals surface area contributed by atoms with Crippen LogP contribution in [0.4, 0.5) is 11.4 Å². The van der Waals surface area contributed by atoms with Gasteiger partial charge in [-0.05, 0) is 18.2 Å². The number of hydrogen-bond donors (Lipinski definition) is 3. The van der Waals surface area contributed by atoms with Crippen molar-refractivity contribution >= 4 is 40.5 Å². The van der Waals surface area contributed by atoms with Crippen LogP contribution in [0.25, 0.3) is 0 Å². The molecule has 0 aliphatic heterocycles. The van der Waals surface area contributed by atoms with E-state index >= 15 is 0 Å². The molecule has 19 heavy (non-hydrogen) atoms. The zero-order valence-corrected chi connectivity index (χ0v) is 12.0. The fourth-order valence-corrected chi connectivity index (χ4v) is 1.65. The van der Waals surface area contributed by atoms with E-state index in [2.05, 4.69) is 10.6 Å². The second-order valence-corrected chi connectivity index (χ2v) is 4.61. The second kappa shape index (κ2) is 8.22. The maximum absolute atomic E-state index is 11.5. The number of hydrogen-bond acceptors (Lipinski definition) is 4. The predicted molar refractivity (Wildman–Crippen MR) is 77.2 cm³/mol. The van der Waals surface area contributed by atoms with Gasteiger partial charge in [-0.2, -0.15) is 0 Å². The molecule has 1 amide bonds. The van der Waals surface area contributed by atoms with Gasteiger partial charge in [0.1, 0.15) is 6.61 Å². The third-order valence-corrected chi connectivity index (χ3v) is 2.83. The van der Waals surface area contributed by atoms with Crippen LogP contribution in [0.1, 0.15) is 0 Å². The van der Waals surface area contributed by atoms with Crippen molar-refractivity contribution in [2.45, 2.75) is 6.10 Å². The highest BCUT2D eigenvalue weighted by molar-refractivity contribution is 6.31. The third-order valence-electron chi connectivity index (χ3n) is 2.24. The molecular formula is C12H16Cl2N2O3. The van der Waals surface area contributed by atoms with Crippen LogP contribution in [0, 0.1) is 0 Å². The summed E-state index contributed by atoms with van der Waals surface area (Å²) in [7, 11) is 1.44. The molecule has 1 rings (SSSR count). The molecule has 5 nitrogen and oxygen atoms in total. The number of methoxy groups -OCH3 is 1. The summed E-state index contributed by atoms with van der Waals surface area (Å²) in [5.41, 5.74) is 1.18. The van der Waals surface area contributed by atoms with Gasteiger partial charge in [0, 0.05) is 18.7 Å². The Morgan fingerprint density at radius 2 is 2.21 bits per heavy atom. The Morgan fingerprint density at radius 3 is 2.84 bits per heavy atom. The number of ether oxygens (including phenoxy) is 1. The Labute approximate surface area is 121 Å². The van der Waals surface area contributed by atoms with Crippen LogP contribution in [0.5, 0.6) is 0 Å². The molecule has 0 spiro atoms. The molecule has 0 saturated carbocycles. The Bertz CT molecular complexity index is 429. The average molecular weight is 307 g/mol. The van der Waals surface area contributed by atoms with Gasteiger partial charge in [0.2, 0.25) is 5.91 Å². The zero-order chi connectivity index (χ0) is 14.3. The molecule has 1 atom stereocenters. The van der Waals surface area contributed by atoms with E-state index < -0.39 is 6.10 Å². The van der Waals surface area contributed by atoms with E-state index in [1.165, 1.54) is 7.11 Å². The maximum Gasteiger partial charge on any atom is 0.250 e. The minimum Gasteiger partial charge on any atom is -0.390 e. The topological polar surface area (TPSA) is 70.6 Å². The highest BCUT2D eigenvalue weighted by atomic mass is 35.5.